The number of nitrogens with zero attached hydrogens (tertiary/aromatic N) is 3. The van der Waals surface area contributed by atoms with Crippen LogP contribution in [-0.2, 0) is 0 Å². The fourth-order valence-electron chi connectivity index (χ4n) is 2.40. The number of hydrogen-bond donors (Lipinski definition) is 3. The molecule has 0 unspecified atom stereocenters. The Hall–Kier alpha value is -2.89. The number of benzene rings is 1. The zero-order valence-electron chi connectivity index (χ0n) is 10.5. The number of imidazole rings is 1. The minimum absolute atomic E-state index is 0.401. The number of aromatic nitrogens is 5. The molecule has 20 heavy (non-hydrogen) atoms. The molecule has 6 heteroatoms. The summed E-state index contributed by atoms with van der Waals surface area (Å²) in [7, 11) is 0. The Balaban J connectivity index is 2.06. The van der Waals surface area contributed by atoms with Crippen molar-refractivity contribution in [1.29, 1.82) is 0 Å². The molecule has 4 rings (SSSR count). The molecule has 0 fully saturated rings. The van der Waals surface area contributed by atoms with Crippen molar-refractivity contribution in [2.45, 2.75) is 0 Å². The SMILES string of the molecule is [CH2]c1nc2c(N)nc3cc(-c4cc[nH]n4)ccc3c2[nH]1. The molecule has 4 aromatic rings. The molecular weight excluding hydrogens is 252 g/mol. The molecule has 1 aromatic carbocycles. The Labute approximate surface area is 114 Å². The average Bonchev–Trinajstić information content (AvgIpc) is 3.07. The van der Waals surface area contributed by atoms with Crippen LogP contribution in [0.15, 0.2) is 30.5 Å². The van der Waals surface area contributed by atoms with Crippen molar-refractivity contribution >= 4 is 27.8 Å². The smallest absolute Gasteiger partial charge is 0.152 e. The van der Waals surface area contributed by atoms with Crippen molar-refractivity contribution in [1.82, 2.24) is 25.1 Å². The lowest BCUT2D eigenvalue weighted by molar-refractivity contribution is 1.10. The van der Waals surface area contributed by atoms with E-state index in [1.54, 1.807) is 6.20 Å². The third-order valence-corrected chi connectivity index (χ3v) is 3.30. The summed E-state index contributed by atoms with van der Waals surface area (Å²) in [6.45, 7) is 3.80. The van der Waals surface area contributed by atoms with Crippen molar-refractivity contribution in [2.24, 2.45) is 0 Å². The Morgan fingerprint density at radius 3 is 2.85 bits per heavy atom. The van der Waals surface area contributed by atoms with Crippen LogP contribution in [-0.4, -0.2) is 25.1 Å². The first kappa shape index (κ1) is 11.0. The van der Waals surface area contributed by atoms with Crippen LogP contribution >= 0.6 is 0 Å². The summed E-state index contributed by atoms with van der Waals surface area (Å²) in [5, 5.41) is 7.94. The first-order chi connectivity index (χ1) is 9.72. The van der Waals surface area contributed by atoms with Gasteiger partial charge in [-0.05, 0) is 18.2 Å². The van der Waals surface area contributed by atoms with Gasteiger partial charge < -0.3 is 10.7 Å². The number of pyridine rings is 1. The van der Waals surface area contributed by atoms with Gasteiger partial charge in [0.2, 0.25) is 0 Å². The number of anilines is 1. The maximum Gasteiger partial charge on any atom is 0.152 e. The molecule has 6 nitrogen and oxygen atoms in total. The van der Waals surface area contributed by atoms with Crippen LogP contribution in [0.4, 0.5) is 5.82 Å². The first-order valence-electron chi connectivity index (χ1n) is 6.13. The fraction of sp³-hybridized carbons (Fsp3) is 0. The monoisotopic (exact) mass is 263 g/mol. The van der Waals surface area contributed by atoms with Gasteiger partial charge in [-0.25, -0.2) is 9.97 Å². The van der Waals surface area contributed by atoms with E-state index in [-0.39, 0.29) is 0 Å². The zero-order valence-corrected chi connectivity index (χ0v) is 10.5. The van der Waals surface area contributed by atoms with Crippen molar-refractivity contribution in [3.05, 3.63) is 43.2 Å². The second-order valence-corrected chi connectivity index (χ2v) is 4.60. The van der Waals surface area contributed by atoms with E-state index >= 15 is 0 Å². The van der Waals surface area contributed by atoms with Crippen LogP contribution < -0.4 is 5.73 Å². The van der Waals surface area contributed by atoms with Gasteiger partial charge in [-0.2, -0.15) is 5.10 Å². The second kappa shape index (κ2) is 3.80. The molecule has 0 spiro atoms. The summed E-state index contributed by atoms with van der Waals surface area (Å²) in [5.41, 5.74) is 10.2. The molecular formula is C14H11N6. The molecule has 3 aromatic heterocycles. The molecule has 0 atom stereocenters. The second-order valence-electron chi connectivity index (χ2n) is 4.60. The predicted octanol–water partition coefficient (Wildman–Crippen LogP) is 2.27. The summed E-state index contributed by atoms with van der Waals surface area (Å²) < 4.78 is 0. The van der Waals surface area contributed by atoms with E-state index in [1.165, 1.54) is 0 Å². The van der Waals surface area contributed by atoms with Crippen LogP contribution in [0.3, 0.4) is 0 Å². The number of fused-ring (bicyclic) bond motifs is 3. The molecule has 0 saturated heterocycles. The molecule has 1 radical (unpaired) electrons. The molecule has 0 amide bonds. The summed E-state index contributed by atoms with van der Waals surface area (Å²) >= 11 is 0. The van der Waals surface area contributed by atoms with Gasteiger partial charge in [-0.3, -0.25) is 5.10 Å². The summed E-state index contributed by atoms with van der Waals surface area (Å²) in [4.78, 5) is 11.8. The molecule has 97 valence electrons. The van der Waals surface area contributed by atoms with Crippen LogP contribution in [0.25, 0.3) is 33.2 Å². The summed E-state index contributed by atoms with van der Waals surface area (Å²) in [6, 6.07) is 7.86. The first-order valence-corrected chi connectivity index (χ1v) is 6.13. The lowest BCUT2D eigenvalue weighted by atomic mass is 10.1. The van der Waals surface area contributed by atoms with Gasteiger partial charge in [-0.15, -0.1) is 0 Å². The molecule has 0 aliphatic heterocycles. The van der Waals surface area contributed by atoms with Crippen molar-refractivity contribution in [2.75, 3.05) is 5.73 Å². The molecule has 0 aliphatic rings. The van der Waals surface area contributed by atoms with E-state index in [0.717, 1.165) is 27.7 Å². The van der Waals surface area contributed by atoms with Crippen LogP contribution in [0.2, 0.25) is 0 Å². The quantitative estimate of drug-likeness (QED) is 0.490. The van der Waals surface area contributed by atoms with Gasteiger partial charge >= 0.3 is 0 Å². The van der Waals surface area contributed by atoms with Crippen LogP contribution in [0.1, 0.15) is 5.82 Å². The standard InChI is InChI=1S/C14H11N6/c1-7-17-12-9-3-2-8(10-4-5-16-20-10)6-11(9)19-14(15)13(12)18-7/h2-6H,1H2,(H2,15,19)(H,16,20)(H,17,18). The van der Waals surface area contributed by atoms with E-state index in [1.807, 2.05) is 24.3 Å². The molecule has 4 N–H and O–H groups in total. The van der Waals surface area contributed by atoms with Gasteiger partial charge in [0.1, 0.15) is 11.3 Å². The highest BCUT2D eigenvalue weighted by molar-refractivity contribution is 6.07. The number of rotatable bonds is 1. The Kier molecular flexibility index (Phi) is 2.09. The normalized spacial score (nSPS) is 11.4. The summed E-state index contributed by atoms with van der Waals surface area (Å²) in [6.07, 6.45) is 1.79. The van der Waals surface area contributed by atoms with Crippen molar-refractivity contribution in [3.8, 4) is 11.3 Å². The highest BCUT2D eigenvalue weighted by Gasteiger charge is 2.11. The van der Waals surface area contributed by atoms with E-state index in [4.69, 9.17) is 5.73 Å². The maximum atomic E-state index is 5.96. The summed E-state index contributed by atoms with van der Waals surface area (Å²) in [5.74, 6) is 0.982. The van der Waals surface area contributed by atoms with Crippen LogP contribution in [0.5, 0.6) is 0 Å². The minimum atomic E-state index is 0.401. The topological polar surface area (TPSA) is 96.3 Å². The molecule has 0 aliphatic carbocycles. The number of nitrogen functional groups attached to an aromatic ring is 1. The van der Waals surface area contributed by atoms with Crippen molar-refractivity contribution in [3.63, 3.8) is 0 Å². The van der Waals surface area contributed by atoms with E-state index in [9.17, 15) is 0 Å². The maximum absolute atomic E-state index is 5.96. The number of hydrogen-bond acceptors (Lipinski definition) is 4. The third kappa shape index (κ3) is 1.48. The highest BCUT2D eigenvalue weighted by atomic mass is 15.1. The van der Waals surface area contributed by atoms with E-state index in [0.29, 0.717) is 17.2 Å². The minimum Gasteiger partial charge on any atom is -0.382 e. The number of aromatic amines is 2. The predicted molar refractivity (Wildman–Crippen MR) is 77.8 cm³/mol. The number of nitrogens with two attached hydrogens (primary N) is 1. The van der Waals surface area contributed by atoms with Crippen molar-refractivity contribution < 1.29 is 0 Å². The van der Waals surface area contributed by atoms with E-state index in [2.05, 4.69) is 32.1 Å². The Bertz CT molecular complexity index is 920. The Morgan fingerprint density at radius 1 is 1.15 bits per heavy atom. The molecule has 0 bridgehead atoms. The molecule has 0 saturated carbocycles. The van der Waals surface area contributed by atoms with Gasteiger partial charge in [0.25, 0.3) is 0 Å². The average molecular weight is 263 g/mol. The number of H-pyrrole nitrogens is 2. The molecule has 3 heterocycles. The van der Waals surface area contributed by atoms with Gasteiger partial charge in [0.05, 0.1) is 16.7 Å². The van der Waals surface area contributed by atoms with E-state index < -0.39 is 0 Å². The number of nitrogens with one attached hydrogen (secondary N) is 2. The van der Waals surface area contributed by atoms with Gasteiger partial charge in [0.15, 0.2) is 5.82 Å². The lowest BCUT2D eigenvalue weighted by Gasteiger charge is -2.03. The zero-order chi connectivity index (χ0) is 13.7. The van der Waals surface area contributed by atoms with Gasteiger partial charge in [0, 0.05) is 24.1 Å². The largest absolute Gasteiger partial charge is 0.382 e. The van der Waals surface area contributed by atoms with Crippen LogP contribution in [0, 0.1) is 6.92 Å². The lowest BCUT2D eigenvalue weighted by Crippen LogP contribution is -1.93. The Morgan fingerprint density at radius 2 is 2.05 bits per heavy atom. The third-order valence-electron chi connectivity index (χ3n) is 3.30. The van der Waals surface area contributed by atoms with Gasteiger partial charge in [-0.1, -0.05) is 6.07 Å². The highest BCUT2D eigenvalue weighted by Crippen LogP contribution is 2.29. The fourth-order valence-corrected chi connectivity index (χ4v) is 2.40.